The highest BCUT2D eigenvalue weighted by molar-refractivity contribution is 5.78. The molecule has 1 fully saturated rings. The summed E-state index contributed by atoms with van der Waals surface area (Å²) < 4.78 is 0. The van der Waals surface area contributed by atoms with Gasteiger partial charge in [0, 0.05) is 6.04 Å². The van der Waals surface area contributed by atoms with Gasteiger partial charge in [-0.05, 0) is 44.4 Å². The van der Waals surface area contributed by atoms with Gasteiger partial charge in [-0.2, -0.15) is 0 Å². The van der Waals surface area contributed by atoms with Crippen LogP contribution in [0.2, 0.25) is 0 Å². The zero-order valence-corrected chi connectivity index (χ0v) is 11.6. The molecule has 1 aliphatic carbocycles. The number of aliphatic carboxylic acids is 1. The second-order valence-corrected chi connectivity index (χ2v) is 6.00. The van der Waals surface area contributed by atoms with E-state index < -0.39 is 11.5 Å². The maximum atomic E-state index is 11.4. The van der Waals surface area contributed by atoms with Crippen LogP contribution in [0.3, 0.4) is 0 Å². The molecule has 4 atom stereocenters. The van der Waals surface area contributed by atoms with E-state index >= 15 is 0 Å². The Hall–Kier alpha value is -0.570. The lowest BCUT2D eigenvalue weighted by Crippen LogP contribution is -2.55. The van der Waals surface area contributed by atoms with Crippen molar-refractivity contribution in [3.8, 4) is 0 Å². The van der Waals surface area contributed by atoms with Crippen LogP contribution in [-0.4, -0.2) is 22.7 Å². The number of rotatable bonds is 5. The minimum absolute atomic E-state index is 0.369. The molecular weight excluding hydrogens is 214 g/mol. The zero-order valence-electron chi connectivity index (χ0n) is 11.6. The lowest BCUT2D eigenvalue weighted by Gasteiger charge is -2.37. The van der Waals surface area contributed by atoms with E-state index in [0.29, 0.717) is 18.4 Å². The molecule has 0 amide bonds. The summed E-state index contributed by atoms with van der Waals surface area (Å²) in [5.41, 5.74) is -0.750. The van der Waals surface area contributed by atoms with Gasteiger partial charge in [0.2, 0.25) is 0 Å². The largest absolute Gasteiger partial charge is 0.480 e. The third-order valence-electron chi connectivity index (χ3n) is 4.34. The number of carboxylic acid groups (broad SMARTS) is 1. The smallest absolute Gasteiger partial charge is 0.323 e. The Labute approximate surface area is 105 Å². The van der Waals surface area contributed by atoms with E-state index in [0.717, 1.165) is 25.2 Å². The highest BCUT2D eigenvalue weighted by atomic mass is 16.4. The van der Waals surface area contributed by atoms with Gasteiger partial charge in [0.05, 0.1) is 0 Å². The van der Waals surface area contributed by atoms with E-state index in [1.54, 1.807) is 0 Å². The predicted octanol–water partition coefficient (Wildman–Crippen LogP) is 3.04. The van der Waals surface area contributed by atoms with Crippen molar-refractivity contribution in [1.29, 1.82) is 0 Å². The average molecular weight is 241 g/mol. The van der Waals surface area contributed by atoms with Crippen molar-refractivity contribution in [2.24, 2.45) is 11.8 Å². The zero-order chi connectivity index (χ0) is 13.1. The molecule has 100 valence electrons. The molecule has 3 heteroatoms. The summed E-state index contributed by atoms with van der Waals surface area (Å²) in [6.45, 7) is 8.43. The Bertz CT molecular complexity index is 267. The molecule has 0 aromatic rings. The molecule has 17 heavy (non-hydrogen) atoms. The van der Waals surface area contributed by atoms with E-state index in [1.807, 2.05) is 13.8 Å². The van der Waals surface area contributed by atoms with Crippen LogP contribution >= 0.6 is 0 Å². The molecule has 0 heterocycles. The van der Waals surface area contributed by atoms with Crippen molar-refractivity contribution in [2.45, 2.75) is 71.4 Å². The average Bonchev–Trinajstić information content (AvgIpc) is 2.23. The van der Waals surface area contributed by atoms with Crippen LogP contribution in [0.1, 0.15) is 59.8 Å². The molecule has 1 saturated carbocycles. The Morgan fingerprint density at radius 2 is 2.00 bits per heavy atom. The minimum atomic E-state index is -0.750. The molecule has 0 spiro atoms. The predicted molar refractivity (Wildman–Crippen MR) is 70.1 cm³/mol. The highest BCUT2D eigenvalue weighted by Crippen LogP contribution is 2.30. The van der Waals surface area contributed by atoms with Gasteiger partial charge in [0.1, 0.15) is 5.54 Å². The van der Waals surface area contributed by atoms with Crippen LogP contribution in [0.5, 0.6) is 0 Å². The molecule has 4 unspecified atom stereocenters. The van der Waals surface area contributed by atoms with Gasteiger partial charge in [-0.15, -0.1) is 0 Å². The molecule has 0 radical (unpaired) electrons. The first-order valence-corrected chi connectivity index (χ1v) is 6.90. The van der Waals surface area contributed by atoms with E-state index in [4.69, 9.17) is 0 Å². The second-order valence-electron chi connectivity index (χ2n) is 6.00. The van der Waals surface area contributed by atoms with Crippen molar-refractivity contribution in [2.75, 3.05) is 0 Å². The quantitative estimate of drug-likeness (QED) is 0.778. The van der Waals surface area contributed by atoms with E-state index in [9.17, 15) is 9.90 Å². The van der Waals surface area contributed by atoms with Crippen LogP contribution in [0.25, 0.3) is 0 Å². The van der Waals surface area contributed by atoms with Crippen molar-refractivity contribution in [3.05, 3.63) is 0 Å². The van der Waals surface area contributed by atoms with Gasteiger partial charge in [0.25, 0.3) is 0 Å². The van der Waals surface area contributed by atoms with E-state index in [2.05, 4.69) is 19.2 Å². The molecule has 0 aromatic heterocycles. The summed E-state index contributed by atoms with van der Waals surface area (Å²) in [7, 11) is 0. The van der Waals surface area contributed by atoms with Crippen LogP contribution in [-0.2, 0) is 4.79 Å². The highest BCUT2D eigenvalue weighted by Gasteiger charge is 2.36. The Morgan fingerprint density at radius 1 is 1.35 bits per heavy atom. The van der Waals surface area contributed by atoms with Gasteiger partial charge < -0.3 is 5.11 Å². The summed E-state index contributed by atoms with van der Waals surface area (Å²) >= 11 is 0. The van der Waals surface area contributed by atoms with Crippen molar-refractivity contribution < 1.29 is 9.90 Å². The standard InChI is InChI=1S/C14H27NO2/c1-5-8-14(4,13(16)17)15-12-7-6-10(2)11(3)9-12/h10-12,15H,5-9H2,1-4H3,(H,16,17). The molecule has 0 aliphatic heterocycles. The van der Waals surface area contributed by atoms with Crippen LogP contribution in [0.4, 0.5) is 0 Å². The molecule has 1 aliphatic rings. The van der Waals surface area contributed by atoms with Crippen molar-refractivity contribution >= 4 is 5.97 Å². The summed E-state index contributed by atoms with van der Waals surface area (Å²) in [4.78, 5) is 11.4. The first-order chi connectivity index (χ1) is 7.89. The SMILES string of the molecule is CCCC(C)(NC1CCC(C)C(C)C1)C(=O)O. The molecule has 0 saturated heterocycles. The fourth-order valence-corrected chi connectivity index (χ4v) is 2.87. The van der Waals surface area contributed by atoms with Crippen LogP contribution in [0.15, 0.2) is 0 Å². The van der Waals surface area contributed by atoms with E-state index in [1.165, 1.54) is 6.42 Å². The third kappa shape index (κ3) is 3.70. The molecule has 0 bridgehead atoms. The molecule has 0 aromatic carbocycles. The monoisotopic (exact) mass is 241 g/mol. The van der Waals surface area contributed by atoms with Gasteiger partial charge in [-0.1, -0.05) is 27.2 Å². The maximum absolute atomic E-state index is 11.4. The summed E-state index contributed by atoms with van der Waals surface area (Å²) in [6, 6.07) is 0.369. The maximum Gasteiger partial charge on any atom is 0.323 e. The summed E-state index contributed by atoms with van der Waals surface area (Å²) in [6.07, 6.45) is 5.02. The van der Waals surface area contributed by atoms with Gasteiger partial charge in [-0.3, -0.25) is 10.1 Å². The minimum Gasteiger partial charge on any atom is -0.480 e. The fourth-order valence-electron chi connectivity index (χ4n) is 2.87. The normalized spacial score (nSPS) is 33.1. The lowest BCUT2D eigenvalue weighted by molar-refractivity contribution is -0.145. The Morgan fingerprint density at radius 3 is 2.47 bits per heavy atom. The molecule has 3 nitrogen and oxygen atoms in total. The number of carboxylic acids is 1. The topological polar surface area (TPSA) is 49.3 Å². The number of hydrogen-bond acceptors (Lipinski definition) is 2. The first-order valence-electron chi connectivity index (χ1n) is 6.90. The number of carbonyl (C=O) groups is 1. The van der Waals surface area contributed by atoms with Crippen molar-refractivity contribution in [1.82, 2.24) is 5.32 Å². The third-order valence-corrected chi connectivity index (χ3v) is 4.34. The van der Waals surface area contributed by atoms with Gasteiger partial charge in [-0.25, -0.2) is 0 Å². The van der Waals surface area contributed by atoms with Gasteiger partial charge >= 0.3 is 5.97 Å². The Kier molecular flexibility index (Phi) is 4.99. The van der Waals surface area contributed by atoms with Crippen LogP contribution in [0, 0.1) is 11.8 Å². The fraction of sp³-hybridized carbons (Fsp3) is 0.929. The first kappa shape index (κ1) is 14.5. The Balaban J connectivity index is 2.59. The summed E-state index contributed by atoms with van der Waals surface area (Å²) in [5, 5.41) is 12.7. The molecular formula is C14H27NO2. The van der Waals surface area contributed by atoms with Gasteiger partial charge in [0.15, 0.2) is 0 Å². The van der Waals surface area contributed by atoms with Crippen molar-refractivity contribution in [3.63, 3.8) is 0 Å². The van der Waals surface area contributed by atoms with Crippen LogP contribution < -0.4 is 5.32 Å². The number of nitrogens with one attached hydrogen (secondary N) is 1. The molecule has 1 rings (SSSR count). The lowest BCUT2D eigenvalue weighted by atomic mass is 9.78. The number of hydrogen-bond donors (Lipinski definition) is 2. The van der Waals surface area contributed by atoms with E-state index in [-0.39, 0.29) is 0 Å². The second kappa shape index (κ2) is 5.85. The summed E-state index contributed by atoms with van der Waals surface area (Å²) in [5.74, 6) is 0.752. The molecule has 2 N–H and O–H groups in total.